The summed E-state index contributed by atoms with van der Waals surface area (Å²) >= 11 is 0. The van der Waals surface area contributed by atoms with Gasteiger partial charge in [0.15, 0.2) is 0 Å². The Morgan fingerprint density at radius 2 is 1.70 bits per heavy atom. The third-order valence-corrected chi connectivity index (χ3v) is 6.41. The molecule has 0 radical (unpaired) electrons. The van der Waals surface area contributed by atoms with E-state index in [2.05, 4.69) is 42.2 Å². The average Bonchev–Trinajstić information content (AvgIpc) is 3.31. The van der Waals surface area contributed by atoms with Gasteiger partial charge in [0.05, 0.1) is 13.2 Å². The maximum absolute atomic E-state index is 12.9. The van der Waals surface area contributed by atoms with Crippen LogP contribution in [0.3, 0.4) is 0 Å². The van der Waals surface area contributed by atoms with Gasteiger partial charge in [0.1, 0.15) is 23.8 Å². The first-order valence-electron chi connectivity index (χ1n) is 11.5. The van der Waals surface area contributed by atoms with Crippen LogP contribution in [0, 0.1) is 12.8 Å². The number of aryl methyl sites for hydroxylation is 1. The molecule has 2 aliphatic rings. The number of nitrogens with zero attached hydrogens (tertiary/aromatic N) is 6. The minimum absolute atomic E-state index is 0.00243. The minimum Gasteiger partial charge on any atom is -0.378 e. The largest absolute Gasteiger partial charge is 0.378 e. The summed E-state index contributed by atoms with van der Waals surface area (Å²) in [5, 5.41) is 3.09. The van der Waals surface area contributed by atoms with Crippen LogP contribution in [0.2, 0.25) is 0 Å². The number of rotatable bonds is 5. The zero-order chi connectivity index (χ0) is 22.6. The molecule has 2 fully saturated rings. The normalized spacial score (nSPS) is 17.2. The number of hydrogen-bond donors (Lipinski definition) is 1. The number of benzene rings is 1. The number of carbonyl (C=O) groups is 1. The Bertz CT molecular complexity index is 1080. The van der Waals surface area contributed by atoms with E-state index in [4.69, 9.17) is 4.74 Å². The van der Waals surface area contributed by atoms with Gasteiger partial charge in [-0.05, 0) is 44.0 Å². The Hall–Kier alpha value is -3.46. The van der Waals surface area contributed by atoms with Gasteiger partial charge in [-0.3, -0.25) is 9.36 Å². The van der Waals surface area contributed by atoms with Crippen molar-refractivity contribution in [2.45, 2.75) is 19.8 Å². The smallest absolute Gasteiger partial charge is 0.227 e. The van der Waals surface area contributed by atoms with Crippen molar-refractivity contribution in [3.8, 4) is 5.82 Å². The summed E-state index contributed by atoms with van der Waals surface area (Å²) in [7, 11) is 0. The summed E-state index contributed by atoms with van der Waals surface area (Å²) in [5.41, 5.74) is 2.01. The molecule has 172 valence electrons. The van der Waals surface area contributed by atoms with Crippen LogP contribution in [0.5, 0.6) is 0 Å². The van der Waals surface area contributed by atoms with E-state index < -0.39 is 0 Å². The van der Waals surface area contributed by atoms with Crippen molar-refractivity contribution >= 4 is 23.1 Å². The van der Waals surface area contributed by atoms with E-state index in [1.54, 1.807) is 12.5 Å². The quantitative estimate of drug-likeness (QED) is 0.643. The molecule has 0 aliphatic carbocycles. The van der Waals surface area contributed by atoms with E-state index in [9.17, 15) is 4.79 Å². The lowest BCUT2D eigenvalue weighted by Gasteiger charge is -2.32. The number of ether oxygens (including phenoxy) is 1. The van der Waals surface area contributed by atoms with Gasteiger partial charge in [-0.25, -0.2) is 15.0 Å². The van der Waals surface area contributed by atoms with Crippen LogP contribution in [0.25, 0.3) is 5.82 Å². The maximum Gasteiger partial charge on any atom is 0.227 e. The molecule has 0 saturated carbocycles. The number of amides is 1. The van der Waals surface area contributed by atoms with Gasteiger partial charge >= 0.3 is 0 Å². The highest BCUT2D eigenvalue weighted by molar-refractivity contribution is 5.92. The standard InChI is InChI=1S/C24H29N7O2/c1-18-25-8-11-31(18)23-16-22(26-17-27-23)30-9-6-19(7-10-30)24(32)28-20-2-4-21(5-3-20)29-12-14-33-15-13-29/h2-5,8,11,16-17,19H,6-7,9-10,12-15H2,1H3,(H,28,32). The summed E-state index contributed by atoms with van der Waals surface area (Å²) in [6.07, 6.45) is 6.83. The lowest BCUT2D eigenvalue weighted by atomic mass is 9.96. The van der Waals surface area contributed by atoms with Crippen molar-refractivity contribution in [1.82, 2.24) is 19.5 Å². The van der Waals surface area contributed by atoms with E-state index in [-0.39, 0.29) is 11.8 Å². The molecule has 0 atom stereocenters. The van der Waals surface area contributed by atoms with Crippen molar-refractivity contribution in [1.29, 1.82) is 0 Å². The lowest BCUT2D eigenvalue weighted by Crippen LogP contribution is -2.38. The van der Waals surface area contributed by atoms with Gasteiger partial charge in [0, 0.05) is 61.9 Å². The highest BCUT2D eigenvalue weighted by Gasteiger charge is 2.26. The number of piperidine rings is 1. The molecule has 1 N–H and O–H groups in total. The van der Waals surface area contributed by atoms with Gasteiger partial charge < -0.3 is 19.9 Å². The first kappa shape index (κ1) is 21.4. The predicted octanol–water partition coefficient (Wildman–Crippen LogP) is 2.66. The number of imidazole rings is 1. The molecule has 0 unspecified atom stereocenters. The Morgan fingerprint density at radius 3 is 2.39 bits per heavy atom. The van der Waals surface area contributed by atoms with Gasteiger partial charge in [0.2, 0.25) is 5.91 Å². The second kappa shape index (κ2) is 9.58. The number of anilines is 3. The van der Waals surface area contributed by atoms with Crippen LogP contribution in [0.15, 0.2) is 49.1 Å². The first-order chi connectivity index (χ1) is 16.2. The first-order valence-corrected chi connectivity index (χ1v) is 11.5. The number of morpholine rings is 1. The fraction of sp³-hybridized carbons (Fsp3) is 0.417. The molecule has 33 heavy (non-hydrogen) atoms. The van der Waals surface area contributed by atoms with Gasteiger partial charge in [-0.15, -0.1) is 0 Å². The Kier molecular flexibility index (Phi) is 6.21. The molecule has 9 nitrogen and oxygen atoms in total. The van der Waals surface area contributed by atoms with Crippen molar-refractivity contribution in [3.63, 3.8) is 0 Å². The van der Waals surface area contributed by atoms with Crippen LogP contribution in [0.1, 0.15) is 18.7 Å². The van der Waals surface area contributed by atoms with Crippen LogP contribution in [-0.2, 0) is 9.53 Å². The molecule has 9 heteroatoms. The fourth-order valence-electron chi connectivity index (χ4n) is 4.45. The summed E-state index contributed by atoms with van der Waals surface area (Å²) in [6, 6.07) is 10.1. The van der Waals surface area contributed by atoms with Crippen molar-refractivity contribution in [2.75, 3.05) is 54.5 Å². The maximum atomic E-state index is 12.9. The van der Waals surface area contributed by atoms with Crippen LogP contribution < -0.4 is 15.1 Å². The molecular formula is C24H29N7O2. The summed E-state index contributed by atoms with van der Waals surface area (Å²) in [5.74, 6) is 2.65. The Balaban J connectivity index is 1.16. The number of carbonyl (C=O) groups excluding carboxylic acids is 1. The molecule has 3 aromatic rings. The molecule has 5 rings (SSSR count). The lowest BCUT2D eigenvalue weighted by molar-refractivity contribution is -0.120. The van der Waals surface area contributed by atoms with E-state index in [0.29, 0.717) is 0 Å². The number of aromatic nitrogens is 4. The van der Waals surface area contributed by atoms with Crippen LogP contribution >= 0.6 is 0 Å². The summed E-state index contributed by atoms with van der Waals surface area (Å²) in [6.45, 7) is 6.84. The molecule has 4 heterocycles. The second-order valence-corrected chi connectivity index (χ2v) is 8.48. The topological polar surface area (TPSA) is 88.4 Å². The molecule has 2 aromatic heterocycles. The zero-order valence-electron chi connectivity index (χ0n) is 18.9. The van der Waals surface area contributed by atoms with E-state index in [1.807, 2.05) is 35.9 Å². The number of hydrogen-bond acceptors (Lipinski definition) is 7. The van der Waals surface area contributed by atoms with E-state index in [1.165, 1.54) is 5.69 Å². The fourth-order valence-corrected chi connectivity index (χ4v) is 4.45. The molecule has 0 bridgehead atoms. The average molecular weight is 448 g/mol. The molecule has 0 spiro atoms. The van der Waals surface area contributed by atoms with Crippen molar-refractivity contribution in [3.05, 3.63) is 54.9 Å². The van der Waals surface area contributed by atoms with Gasteiger partial charge in [-0.2, -0.15) is 0 Å². The SMILES string of the molecule is Cc1nccn1-c1cc(N2CCC(C(=O)Nc3ccc(N4CCOCC4)cc3)CC2)ncn1. The van der Waals surface area contributed by atoms with Crippen LogP contribution in [0.4, 0.5) is 17.2 Å². The molecule has 2 saturated heterocycles. The van der Waals surface area contributed by atoms with E-state index in [0.717, 1.165) is 75.4 Å². The molecule has 1 amide bonds. The van der Waals surface area contributed by atoms with Gasteiger partial charge in [-0.1, -0.05) is 0 Å². The minimum atomic E-state index is -0.00243. The Morgan fingerprint density at radius 1 is 0.970 bits per heavy atom. The predicted molar refractivity (Wildman–Crippen MR) is 127 cm³/mol. The van der Waals surface area contributed by atoms with Crippen molar-refractivity contribution < 1.29 is 9.53 Å². The highest BCUT2D eigenvalue weighted by Crippen LogP contribution is 2.25. The monoisotopic (exact) mass is 447 g/mol. The molecule has 1 aromatic carbocycles. The molecular weight excluding hydrogens is 418 g/mol. The zero-order valence-corrected chi connectivity index (χ0v) is 18.9. The number of nitrogens with one attached hydrogen (secondary N) is 1. The van der Waals surface area contributed by atoms with Crippen molar-refractivity contribution in [2.24, 2.45) is 5.92 Å². The second-order valence-electron chi connectivity index (χ2n) is 8.48. The van der Waals surface area contributed by atoms with E-state index >= 15 is 0 Å². The third-order valence-electron chi connectivity index (χ3n) is 6.41. The summed E-state index contributed by atoms with van der Waals surface area (Å²) < 4.78 is 7.36. The third kappa shape index (κ3) is 4.83. The van der Waals surface area contributed by atoms with Crippen LogP contribution in [-0.4, -0.2) is 64.8 Å². The summed E-state index contributed by atoms with van der Waals surface area (Å²) in [4.78, 5) is 30.5. The Labute approximate surface area is 193 Å². The van der Waals surface area contributed by atoms with Gasteiger partial charge in [0.25, 0.3) is 0 Å². The molecule has 2 aliphatic heterocycles. The highest BCUT2D eigenvalue weighted by atomic mass is 16.5.